The minimum Gasteiger partial charge on any atom is -0.444 e. The van der Waals surface area contributed by atoms with Gasteiger partial charge in [-0.05, 0) is 27.7 Å². The van der Waals surface area contributed by atoms with Crippen LogP contribution in [0.3, 0.4) is 0 Å². The molecule has 15 heavy (non-hydrogen) atoms. The van der Waals surface area contributed by atoms with Gasteiger partial charge in [-0.2, -0.15) is 0 Å². The van der Waals surface area contributed by atoms with E-state index in [1.807, 2.05) is 20.8 Å². The van der Waals surface area contributed by atoms with Crippen molar-refractivity contribution >= 4 is 6.09 Å². The summed E-state index contributed by atoms with van der Waals surface area (Å²) in [5, 5.41) is 5.70. The zero-order valence-electron chi connectivity index (χ0n) is 9.94. The van der Waals surface area contributed by atoms with E-state index in [2.05, 4.69) is 22.5 Å². The van der Waals surface area contributed by atoms with Crippen LogP contribution in [0.25, 0.3) is 0 Å². The molecule has 4 heteroatoms. The lowest BCUT2D eigenvalue weighted by molar-refractivity contribution is 0.0528. The van der Waals surface area contributed by atoms with E-state index in [9.17, 15) is 4.79 Å². The minimum atomic E-state index is -0.439. The van der Waals surface area contributed by atoms with Crippen molar-refractivity contribution in [2.24, 2.45) is 0 Å². The predicted octanol–water partition coefficient (Wildman–Crippen LogP) is 1.12. The number of amides is 1. The maximum absolute atomic E-state index is 11.2. The van der Waals surface area contributed by atoms with Gasteiger partial charge >= 0.3 is 6.09 Å². The van der Waals surface area contributed by atoms with Gasteiger partial charge in [-0.15, -0.1) is 5.92 Å². The molecule has 0 radical (unpaired) electrons. The van der Waals surface area contributed by atoms with Gasteiger partial charge < -0.3 is 15.4 Å². The van der Waals surface area contributed by atoms with E-state index < -0.39 is 5.60 Å². The number of rotatable bonds is 4. The Kier molecular flexibility index (Phi) is 6.56. The van der Waals surface area contributed by atoms with Gasteiger partial charge in [0.05, 0.1) is 6.54 Å². The molecule has 0 rings (SSSR count). The molecule has 2 N–H and O–H groups in total. The summed E-state index contributed by atoms with van der Waals surface area (Å²) in [6.07, 6.45) is -0.383. The zero-order chi connectivity index (χ0) is 11.7. The van der Waals surface area contributed by atoms with Crippen LogP contribution < -0.4 is 10.6 Å². The van der Waals surface area contributed by atoms with Crippen LogP contribution in [0.4, 0.5) is 4.79 Å². The van der Waals surface area contributed by atoms with E-state index >= 15 is 0 Å². The molecule has 0 bridgehead atoms. The fraction of sp³-hybridized carbons (Fsp3) is 0.727. The maximum Gasteiger partial charge on any atom is 0.407 e. The molecule has 0 aromatic heterocycles. The highest BCUT2D eigenvalue weighted by atomic mass is 16.6. The Morgan fingerprint density at radius 3 is 2.53 bits per heavy atom. The van der Waals surface area contributed by atoms with E-state index in [4.69, 9.17) is 4.74 Å². The van der Waals surface area contributed by atoms with E-state index in [0.29, 0.717) is 19.6 Å². The molecule has 0 aliphatic heterocycles. The van der Waals surface area contributed by atoms with Crippen LogP contribution in [0.2, 0.25) is 0 Å². The molecule has 0 atom stereocenters. The summed E-state index contributed by atoms with van der Waals surface area (Å²) < 4.78 is 5.06. The first-order valence-electron chi connectivity index (χ1n) is 5.03. The average molecular weight is 212 g/mol. The van der Waals surface area contributed by atoms with E-state index in [0.717, 1.165) is 0 Å². The number of nitrogens with one attached hydrogen (secondary N) is 2. The van der Waals surface area contributed by atoms with E-state index in [1.54, 1.807) is 6.92 Å². The van der Waals surface area contributed by atoms with Gasteiger partial charge in [-0.25, -0.2) is 4.79 Å². The third kappa shape index (κ3) is 10.7. The van der Waals surface area contributed by atoms with Gasteiger partial charge in [0.1, 0.15) is 5.60 Å². The van der Waals surface area contributed by atoms with Crippen molar-refractivity contribution in [1.82, 2.24) is 10.6 Å². The lowest BCUT2D eigenvalue weighted by Gasteiger charge is -2.19. The first-order chi connectivity index (χ1) is 6.95. The summed E-state index contributed by atoms with van der Waals surface area (Å²) >= 11 is 0. The second-order valence-corrected chi connectivity index (χ2v) is 4.03. The zero-order valence-corrected chi connectivity index (χ0v) is 9.94. The number of hydrogen-bond acceptors (Lipinski definition) is 3. The van der Waals surface area contributed by atoms with Crippen molar-refractivity contribution in [3.63, 3.8) is 0 Å². The van der Waals surface area contributed by atoms with Gasteiger partial charge in [-0.1, -0.05) is 5.92 Å². The molecular formula is C11H20N2O2. The summed E-state index contributed by atoms with van der Waals surface area (Å²) in [6, 6.07) is 0. The van der Waals surface area contributed by atoms with Gasteiger partial charge in [0, 0.05) is 13.1 Å². The Labute approximate surface area is 91.8 Å². The molecule has 0 saturated heterocycles. The van der Waals surface area contributed by atoms with Crippen LogP contribution in [0, 0.1) is 11.8 Å². The third-order valence-electron chi connectivity index (χ3n) is 1.36. The molecule has 0 unspecified atom stereocenters. The van der Waals surface area contributed by atoms with Gasteiger partial charge in [0.15, 0.2) is 0 Å². The molecule has 4 nitrogen and oxygen atoms in total. The Hall–Kier alpha value is -1.21. The SMILES string of the molecule is CC#CCNCCNC(=O)OC(C)(C)C. The second-order valence-electron chi connectivity index (χ2n) is 4.03. The molecule has 0 heterocycles. The summed E-state index contributed by atoms with van der Waals surface area (Å²) in [5.74, 6) is 5.64. The summed E-state index contributed by atoms with van der Waals surface area (Å²) in [6.45, 7) is 9.17. The highest BCUT2D eigenvalue weighted by Gasteiger charge is 2.15. The molecular weight excluding hydrogens is 192 g/mol. The Morgan fingerprint density at radius 1 is 1.33 bits per heavy atom. The van der Waals surface area contributed by atoms with Gasteiger partial charge in [0.2, 0.25) is 0 Å². The van der Waals surface area contributed by atoms with Crippen LogP contribution in [0.5, 0.6) is 0 Å². The summed E-state index contributed by atoms with van der Waals surface area (Å²) in [5.41, 5.74) is -0.439. The quantitative estimate of drug-likeness (QED) is 0.542. The highest BCUT2D eigenvalue weighted by molar-refractivity contribution is 5.67. The standard InChI is InChI=1S/C11H20N2O2/c1-5-6-7-12-8-9-13-10(14)15-11(2,3)4/h12H,7-9H2,1-4H3,(H,13,14). The number of hydrogen-bond donors (Lipinski definition) is 2. The molecule has 0 aromatic carbocycles. The highest BCUT2D eigenvalue weighted by Crippen LogP contribution is 2.05. The Bertz CT molecular complexity index is 246. The third-order valence-corrected chi connectivity index (χ3v) is 1.36. The predicted molar refractivity (Wildman–Crippen MR) is 60.6 cm³/mol. The average Bonchev–Trinajstić information content (AvgIpc) is 2.08. The maximum atomic E-state index is 11.2. The minimum absolute atomic E-state index is 0.383. The number of ether oxygens (including phenoxy) is 1. The normalized spacial score (nSPS) is 10.1. The lowest BCUT2D eigenvalue weighted by Crippen LogP contribution is -2.36. The fourth-order valence-corrected chi connectivity index (χ4v) is 0.806. The Balaban J connectivity index is 3.42. The van der Waals surface area contributed by atoms with Gasteiger partial charge in [0.25, 0.3) is 0 Å². The molecule has 0 aliphatic carbocycles. The summed E-state index contributed by atoms with van der Waals surface area (Å²) in [7, 11) is 0. The van der Waals surface area contributed by atoms with Crippen LogP contribution in [0.15, 0.2) is 0 Å². The fourth-order valence-electron chi connectivity index (χ4n) is 0.806. The number of carbonyl (C=O) groups excluding carboxylic acids is 1. The second kappa shape index (κ2) is 7.13. The first kappa shape index (κ1) is 13.8. The molecule has 0 fully saturated rings. The Morgan fingerprint density at radius 2 is 2.00 bits per heavy atom. The molecule has 0 aliphatic rings. The van der Waals surface area contributed by atoms with Crippen LogP contribution >= 0.6 is 0 Å². The number of alkyl carbamates (subject to hydrolysis) is 1. The van der Waals surface area contributed by atoms with Crippen molar-refractivity contribution in [3.8, 4) is 11.8 Å². The molecule has 0 saturated carbocycles. The lowest BCUT2D eigenvalue weighted by atomic mass is 10.2. The van der Waals surface area contributed by atoms with Crippen LogP contribution in [-0.4, -0.2) is 31.3 Å². The van der Waals surface area contributed by atoms with Crippen molar-refractivity contribution in [3.05, 3.63) is 0 Å². The van der Waals surface area contributed by atoms with E-state index in [1.165, 1.54) is 0 Å². The van der Waals surface area contributed by atoms with Gasteiger partial charge in [-0.3, -0.25) is 0 Å². The largest absolute Gasteiger partial charge is 0.444 e. The van der Waals surface area contributed by atoms with Crippen molar-refractivity contribution in [2.45, 2.75) is 33.3 Å². The monoisotopic (exact) mass is 212 g/mol. The molecule has 0 spiro atoms. The molecule has 86 valence electrons. The smallest absolute Gasteiger partial charge is 0.407 e. The summed E-state index contributed by atoms with van der Waals surface area (Å²) in [4.78, 5) is 11.2. The molecule has 1 amide bonds. The van der Waals surface area contributed by atoms with Crippen LogP contribution in [0.1, 0.15) is 27.7 Å². The topological polar surface area (TPSA) is 50.4 Å². The number of carbonyl (C=O) groups is 1. The van der Waals surface area contributed by atoms with Crippen LogP contribution in [-0.2, 0) is 4.74 Å². The van der Waals surface area contributed by atoms with E-state index in [-0.39, 0.29) is 6.09 Å². The first-order valence-corrected chi connectivity index (χ1v) is 5.03. The van der Waals surface area contributed by atoms with Crippen molar-refractivity contribution in [1.29, 1.82) is 0 Å². The van der Waals surface area contributed by atoms with Crippen molar-refractivity contribution in [2.75, 3.05) is 19.6 Å². The van der Waals surface area contributed by atoms with Crippen molar-refractivity contribution < 1.29 is 9.53 Å². The molecule has 0 aromatic rings.